The number of anilines is 3. The Bertz CT molecular complexity index is 2000. The van der Waals surface area contributed by atoms with Gasteiger partial charge in [0.25, 0.3) is 11.1 Å². The van der Waals surface area contributed by atoms with Crippen LogP contribution in [0.25, 0.3) is 27.6 Å². The molecular formula is C35H35N5O4. The zero-order chi connectivity index (χ0) is 30.4. The summed E-state index contributed by atoms with van der Waals surface area (Å²) >= 11 is 0. The first-order chi connectivity index (χ1) is 21.4. The molecule has 1 saturated carbocycles. The van der Waals surface area contributed by atoms with Crippen molar-refractivity contribution >= 4 is 28.0 Å². The summed E-state index contributed by atoms with van der Waals surface area (Å²) < 4.78 is 8.59. The van der Waals surface area contributed by atoms with Crippen LogP contribution in [0.15, 0.2) is 82.8 Å². The number of benzene rings is 2. The topological polar surface area (TPSA) is 102 Å². The van der Waals surface area contributed by atoms with E-state index < -0.39 is 0 Å². The molecule has 9 heteroatoms. The van der Waals surface area contributed by atoms with Crippen molar-refractivity contribution in [3.63, 3.8) is 0 Å². The Kier molecular flexibility index (Phi) is 7.27. The molecule has 3 aromatic heterocycles. The fourth-order valence-corrected chi connectivity index (χ4v) is 6.20. The van der Waals surface area contributed by atoms with Crippen LogP contribution in [0.2, 0.25) is 0 Å². The molecule has 2 fully saturated rings. The molecule has 2 N–H and O–H groups in total. The summed E-state index contributed by atoms with van der Waals surface area (Å²) in [6.45, 7) is 4.76. The predicted octanol–water partition coefficient (Wildman–Crippen LogP) is 5.01. The van der Waals surface area contributed by atoms with Gasteiger partial charge in [0.1, 0.15) is 11.5 Å². The van der Waals surface area contributed by atoms with E-state index in [0.29, 0.717) is 47.3 Å². The summed E-state index contributed by atoms with van der Waals surface area (Å²) in [5.41, 5.74) is 6.06. The van der Waals surface area contributed by atoms with Gasteiger partial charge in [0.05, 0.1) is 37.4 Å². The van der Waals surface area contributed by atoms with E-state index >= 15 is 0 Å². The summed E-state index contributed by atoms with van der Waals surface area (Å²) in [7, 11) is 1.70. The van der Waals surface area contributed by atoms with Crippen molar-refractivity contribution in [3.05, 3.63) is 111 Å². The Morgan fingerprint density at radius 2 is 1.82 bits per heavy atom. The number of nitrogens with zero attached hydrogens (tertiary/aromatic N) is 4. The lowest BCUT2D eigenvalue weighted by molar-refractivity contribution is 0.122. The third-order valence-electron chi connectivity index (χ3n) is 8.74. The van der Waals surface area contributed by atoms with Crippen LogP contribution in [0.3, 0.4) is 0 Å². The summed E-state index contributed by atoms with van der Waals surface area (Å²) in [5.74, 6) is 1.17. The van der Waals surface area contributed by atoms with Gasteiger partial charge in [-0.2, -0.15) is 0 Å². The highest BCUT2D eigenvalue weighted by Gasteiger charge is 2.24. The van der Waals surface area contributed by atoms with Gasteiger partial charge >= 0.3 is 0 Å². The van der Waals surface area contributed by atoms with E-state index in [-0.39, 0.29) is 17.7 Å². The minimum Gasteiger partial charge on any atom is -0.392 e. The maximum absolute atomic E-state index is 13.7. The molecule has 0 amide bonds. The average Bonchev–Trinajstić information content (AvgIpc) is 3.89. The number of nitrogens with one attached hydrogen (secondary N) is 1. The first-order valence-corrected chi connectivity index (χ1v) is 15.1. The van der Waals surface area contributed by atoms with Crippen molar-refractivity contribution in [3.8, 4) is 16.8 Å². The lowest BCUT2D eigenvalue weighted by atomic mass is 9.98. The van der Waals surface area contributed by atoms with Gasteiger partial charge in [0.15, 0.2) is 0 Å². The van der Waals surface area contributed by atoms with E-state index in [4.69, 9.17) is 4.74 Å². The van der Waals surface area contributed by atoms with Gasteiger partial charge in [-0.25, -0.2) is 4.98 Å². The lowest BCUT2D eigenvalue weighted by Gasteiger charge is -2.29. The SMILES string of the molecule is Cc1cc(Nc2cc(-c3cccc(-n4ccc5cc(C6CC6)ccc5c4=O)c3CO)cn(C)c2=O)ncc1N1CCOCC1. The van der Waals surface area contributed by atoms with Crippen LogP contribution in [0.1, 0.15) is 35.4 Å². The molecule has 5 aromatic rings. The number of fused-ring (bicyclic) bond motifs is 1. The third kappa shape index (κ3) is 5.18. The number of rotatable bonds is 7. The van der Waals surface area contributed by atoms with Crippen molar-refractivity contribution < 1.29 is 9.84 Å². The van der Waals surface area contributed by atoms with Crippen molar-refractivity contribution in [1.82, 2.24) is 14.1 Å². The van der Waals surface area contributed by atoms with E-state index in [2.05, 4.69) is 27.3 Å². The molecule has 9 nitrogen and oxygen atoms in total. The highest BCUT2D eigenvalue weighted by molar-refractivity contribution is 5.83. The summed E-state index contributed by atoms with van der Waals surface area (Å²) in [5, 5.41) is 15.4. The molecule has 1 aliphatic carbocycles. The van der Waals surface area contributed by atoms with Crippen molar-refractivity contribution in [2.75, 3.05) is 36.5 Å². The first-order valence-electron chi connectivity index (χ1n) is 15.1. The minimum atomic E-state index is -0.286. The summed E-state index contributed by atoms with van der Waals surface area (Å²) in [4.78, 5) is 33.7. The minimum absolute atomic E-state index is 0.138. The molecule has 224 valence electrons. The maximum Gasteiger partial charge on any atom is 0.274 e. The van der Waals surface area contributed by atoms with Gasteiger partial charge in [-0.05, 0) is 78.1 Å². The molecule has 0 unspecified atom stereocenters. The quantitative estimate of drug-likeness (QED) is 0.275. The molecule has 1 saturated heterocycles. The molecular weight excluding hydrogens is 554 g/mol. The molecule has 0 spiro atoms. The Morgan fingerprint density at radius 3 is 2.57 bits per heavy atom. The number of aryl methyl sites for hydroxylation is 2. The highest BCUT2D eigenvalue weighted by Crippen LogP contribution is 2.40. The van der Waals surface area contributed by atoms with Crippen LogP contribution in [-0.2, 0) is 18.4 Å². The molecule has 4 heterocycles. The van der Waals surface area contributed by atoms with Crippen LogP contribution in [0.5, 0.6) is 0 Å². The Hall–Kier alpha value is -4.73. The normalized spacial score (nSPS) is 15.1. The number of hydrogen-bond donors (Lipinski definition) is 2. The van der Waals surface area contributed by atoms with E-state index in [1.165, 1.54) is 23.0 Å². The Morgan fingerprint density at radius 1 is 1.00 bits per heavy atom. The maximum atomic E-state index is 13.7. The summed E-state index contributed by atoms with van der Waals surface area (Å²) in [6.07, 6.45) is 7.76. The molecule has 1 aliphatic heterocycles. The first kappa shape index (κ1) is 28.1. The average molecular weight is 590 g/mol. The number of morpholine rings is 1. The van der Waals surface area contributed by atoms with Crippen LogP contribution >= 0.6 is 0 Å². The number of hydrogen-bond acceptors (Lipinski definition) is 7. The molecule has 0 bridgehead atoms. The number of pyridine rings is 3. The molecule has 2 aliphatic rings. The van der Waals surface area contributed by atoms with E-state index in [9.17, 15) is 14.7 Å². The smallest absolute Gasteiger partial charge is 0.274 e. The summed E-state index contributed by atoms with van der Waals surface area (Å²) in [6, 6.07) is 17.4. The number of aromatic nitrogens is 3. The van der Waals surface area contributed by atoms with Gasteiger partial charge in [-0.3, -0.25) is 14.2 Å². The van der Waals surface area contributed by atoms with Gasteiger partial charge in [-0.1, -0.05) is 24.3 Å². The standard InChI is InChI=1S/C35H35N5O4/c1-22-16-33(36-19-32(22)39-12-14-44-15-13-39)37-30-18-26(20-38(2)35(30)43)27-4-3-5-31(29(27)21-41)40-11-10-25-17-24(23-6-7-23)8-9-28(25)34(40)42/h3-5,8-11,16-20,23,41H,6-7,12-15,21H2,1-2H3,(H,36,37). The number of ether oxygens (including phenoxy) is 1. The van der Waals surface area contributed by atoms with Crippen molar-refractivity contribution in [2.24, 2.45) is 7.05 Å². The lowest BCUT2D eigenvalue weighted by Crippen LogP contribution is -2.36. The zero-order valence-electron chi connectivity index (χ0n) is 24.9. The van der Waals surface area contributed by atoms with Crippen LogP contribution in [0.4, 0.5) is 17.2 Å². The number of aliphatic hydroxyl groups is 1. The van der Waals surface area contributed by atoms with Crippen LogP contribution in [-0.4, -0.2) is 45.5 Å². The van der Waals surface area contributed by atoms with Crippen molar-refractivity contribution in [2.45, 2.75) is 32.3 Å². The third-order valence-corrected chi connectivity index (χ3v) is 8.74. The van der Waals surface area contributed by atoms with E-state index in [0.717, 1.165) is 40.9 Å². The van der Waals surface area contributed by atoms with Gasteiger partial charge in [-0.15, -0.1) is 0 Å². The largest absolute Gasteiger partial charge is 0.392 e. The Balaban J connectivity index is 1.25. The number of aliphatic hydroxyl groups excluding tert-OH is 1. The van der Waals surface area contributed by atoms with E-state index in [1.54, 1.807) is 30.1 Å². The van der Waals surface area contributed by atoms with Crippen molar-refractivity contribution in [1.29, 1.82) is 0 Å². The molecule has 2 aromatic carbocycles. The van der Waals surface area contributed by atoms with E-state index in [1.807, 2.05) is 49.5 Å². The second-order valence-corrected chi connectivity index (χ2v) is 11.7. The zero-order valence-corrected chi connectivity index (χ0v) is 24.9. The van der Waals surface area contributed by atoms with Gasteiger partial charge < -0.3 is 24.6 Å². The monoisotopic (exact) mass is 589 g/mol. The molecule has 0 atom stereocenters. The van der Waals surface area contributed by atoms with Gasteiger partial charge in [0, 0.05) is 49.0 Å². The second kappa shape index (κ2) is 11.4. The molecule has 0 radical (unpaired) electrons. The second-order valence-electron chi connectivity index (χ2n) is 11.7. The molecule has 44 heavy (non-hydrogen) atoms. The van der Waals surface area contributed by atoms with Gasteiger partial charge in [0.2, 0.25) is 0 Å². The predicted molar refractivity (Wildman–Crippen MR) is 173 cm³/mol. The van der Waals surface area contributed by atoms with Crippen LogP contribution < -0.4 is 21.3 Å². The fraction of sp³-hybridized carbons (Fsp3) is 0.286. The highest BCUT2D eigenvalue weighted by atomic mass is 16.5. The fourth-order valence-electron chi connectivity index (χ4n) is 6.20. The Labute approximate surface area is 255 Å². The van der Waals surface area contributed by atoms with Crippen LogP contribution in [0, 0.1) is 6.92 Å². The molecule has 7 rings (SSSR count).